The summed E-state index contributed by atoms with van der Waals surface area (Å²) in [4.78, 5) is 2.32. The molecule has 0 saturated carbocycles. The predicted molar refractivity (Wildman–Crippen MR) is 120 cm³/mol. The van der Waals surface area contributed by atoms with Crippen LogP contribution in [0.15, 0.2) is 0 Å². The zero-order chi connectivity index (χ0) is 21.2. The molecular formula is C17H30Br4F2N2O2. The first-order chi connectivity index (χ1) is 12.4. The van der Waals surface area contributed by atoms with E-state index in [2.05, 4.69) is 63.7 Å². The highest BCUT2D eigenvalue weighted by molar-refractivity contribution is 9.30. The molecule has 1 aliphatic heterocycles. The maximum absolute atomic E-state index is 16.0. The molecule has 0 radical (unpaired) electrons. The van der Waals surface area contributed by atoms with E-state index in [0.29, 0.717) is 25.7 Å². The smallest absolute Gasteiger partial charge is 0.373 e. The van der Waals surface area contributed by atoms with Gasteiger partial charge in [0.1, 0.15) is 0 Å². The third-order valence-electron chi connectivity index (χ3n) is 5.32. The van der Waals surface area contributed by atoms with Gasteiger partial charge in [-0.25, -0.2) is 0 Å². The lowest BCUT2D eigenvalue weighted by Crippen LogP contribution is -2.60. The maximum Gasteiger partial charge on any atom is 0.373 e. The quantitative estimate of drug-likeness (QED) is 0.200. The summed E-state index contributed by atoms with van der Waals surface area (Å²) in [5, 5.41) is 0. The molecule has 4 atom stereocenters. The van der Waals surface area contributed by atoms with Gasteiger partial charge in [-0.1, -0.05) is 91.4 Å². The van der Waals surface area contributed by atoms with Gasteiger partial charge in [0.25, 0.3) is 0 Å². The molecule has 4 unspecified atom stereocenters. The van der Waals surface area contributed by atoms with Gasteiger partial charge in [0.2, 0.25) is 0 Å². The third kappa shape index (κ3) is 4.62. The molecule has 0 aromatic carbocycles. The molecule has 0 aromatic rings. The molecule has 0 aliphatic carbocycles. The summed E-state index contributed by atoms with van der Waals surface area (Å²) in [6, 6.07) is -1.04. The van der Waals surface area contributed by atoms with Gasteiger partial charge in [-0.2, -0.15) is 18.6 Å². The molecule has 0 N–H and O–H groups in total. The van der Waals surface area contributed by atoms with Gasteiger partial charge in [-0.15, -0.1) is 0 Å². The SMILES string of the molecule is CCC(OC)C(CC)N1C(F)(F)N(C(CC)C(CC)OC)C(Br)(Br)C1(Br)Br. The van der Waals surface area contributed by atoms with Crippen molar-refractivity contribution in [3.63, 3.8) is 0 Å². The Morgan fingerprint density at radius 2 is 1.00 bits per heavy atom. The fourth-order valence-electron chi connectivity index (χ4n) is 3.97. The zero-order valence-corrected chi connectivity index (χ0v) is 23.0. The van der Waals surface area contributed by atoms with Crippen LogP contribution < -0.4 is 0 Å². The predicted octanol–water partition coefficient (Wildman–Crippen LogP) is 6.45. The molecule has 1 rings (SSSR count). The normalized spacial score (nSPS) is 26.7. The summed E-state index contributed by atoms with van der Waals surface area (Å²) >= 11 is 14.1. The number of methoxy groups -OCH3 is 2. The Balaban J connectivity index is 3.57. The molecule has 10 heteroatoms. The van der Waals surface area contributed by atoms with Gasteiger partial charge in [0.05, 0.1) is 12.2 Å². The summed E-state index contributed by atoms with van der Waals surface area (Å²) in [5.41, 5.74) is 0. The molecule has 27 heavy (non-hydrogen) atoms. The third-order valence-corrected chi connectivity index (χ3v) is 11.3. The van der Waals surface area contributed by atoms with Crippen molar-refractivity contribution < 1.29 is 18.3 Å². The molecule has 0 spiro atoms. The van der Waals surface area contributed by atoms with Crippen LogP contribution >= 0.6 is 63.7 Å². The second-order valence-corrected chi connectivity index (χ2v) is 13.4. The lowest BCUT2D eigenvalue weighted by atomic mass is 10.0. The summed E-state index contributed by atoms with van der Waals surface area (Å²) in [6.45, 7) is 7.67. The summed E-state index contributed by atoms with van der Waals surface area (Å²) in [7, 11) is 3.13. The molecule has 4 nitrogen and oxygen atoms in total. The number of hydrogen-bond acceptors (Lipinski definition) is 4. The van der Waals surface area contributed by atoms with Crippen molar-refractivity contribution in [1.29, 1.82) is 0 Å². The molecular weight excluding hydrogens is 622 g/mol. The van der Waals surface area contributed by atoms with Crippen molar-refractivity contribution in [1.82, 2.24) is 9.80 Å². The highest BCUT2D eigenvalue weighted by atomic mass is 79.9. The van der Waals surface area contributed by atoms with Crippen LogP contribution in [0.5, 0.6) is 0 Å². The van der Waals surface area contributed by atoms with Gasteiger partial charge in [0, 0.05) is 26.3 Å². The lowest BCUT2D eigenvalue weighted by molar-refractivity contribution is -0.255. The van der Waals surface area contributed by atoms with E-state index >= 15 is 8.78 Å². The molecule has 1 fully saturated rings. The Labute approximate surface area is 195 Å². The van der Waals surface area contributed by atoms with Crippen LogP contribution in [0.4, 0.5) is 8.78 Å². The average Bonchev–Trinajstić information content (AvgIpc) is 2.70. The van der Waals surface area contributed by atoms with Crippen LogP contribution in [0.2, 0.25) is 0 Å². The highest BCUT2D eigenvalue weighted by Crippen LogP contribution is 2.65. The van der Waals surface area contributed by atoms with Crippen molar-refractivity contribution in [2.75, 3.05) is 14.2 Å². The number of ether oxygens (including phenoxy) is 2. The fourth-order valence-corrected chi connectivity index (χ4v) is 6.64. The van der Waals surface area contributed by atoms with Gasteiger partial charge in [0.15, 0.2) is 6.71 Å². The van der Waals surface area contributed by atoms with Crippen molar-refractivity contribution in [2.24, 2.45) is 0 Å². The van der Waals surface area contributed by atoms with E-state index in [4.69, 9.17) is 9.47 Å². The second kappa shape index (κ2) is 10.3. The minimum atomic E-state index is -3.28. The van der Waals surface area contributed by atoms with Crippen LogP contribution in [-0.2, 0) is 9.47 Å². The largest absolute Gasteiger partial charge is 0.380 e. The van der Waals surface area contributed by atoms with Gasteiger partial charge >= 0.3 is 6.17 Å². The Morgan fingerprint density at radius 3 is 1.19 bits per heavy atom. The molecule has 0 amide bonds. The number of halogens is 6. The second-order valence-electron chi connectivity index (χ2n) is 6.65. The van der Waals surface area contributed by atoms with Crippen molar-refractivity contribution in [2.45, 2.75) is 90.6 Å². The van der Waals surface area contributed by atoms with E-state index < -0.39 is 25.0 Å². The van der Waals surface area contributed by atoms with Crippen LogP contribution in [0.25, 0.3) is 0 Å². The maximum atomic E-state index is 16.0. The average molecular weight is 652 g/mol. The van der Waals surface area contributed by atoms with E-state index in [1.54, 1.807) is 14.2 Å². The Bertz CT molecular complexity index is 438. The summed E-state index contributed by atoms with van der Waals surface area (Å²) in [5.74, 6) is 0. The monoisotopic (exact) mass is 648 g/mol. The van der Waals surface area contributed by atoms with Gasteiger partial charge in [-0.05, 0) is 25.7 Å². The fraction of sp³-hybridized carbons (Fsp3) is 1.00. The van der Waals surface area contributed by atoms with E-state index in [-0.39, 0.29) is 12.2 Å². The van der Waals surface area contributed by atoms with Gasteiger partial charge < -0.3 is 9.47 Å². The van der Waals surface area contributed by atoms with Crippen LogP contribution in [0, 0.1) is 0 Å². The molecule has 1 saturated heterocycles. The Kier molecular flexibility index (Phi) is 10.2. The Hall–Kier alpha value is 1.62. The first kappa shape index (κ1) is 26.7. The molecule has 0 bridgehead atoms. The first-order valence-electron chi connectivity index (χ1n) is 9.21. The Morgan fingerprint density at radius 1 is 0.704 bits per heavy atom. The van der Waals surface area contributed by atoms with Crippen molar-refractivity contribution >= 4 is 63.7 Å². The minimum absolute atomic E-state index is 0.337. The van der Waals surface area contributed by atoms with Gasteiger partial charge in [-0.3, -0.25) is 0 Å². The first-order valence-corrected chi connectivity index (χ1v) is 12.4. The molecule has 162 valence electrons. The molecule has 0 aromatic heterocycles. The lowest BCUT2D eigenvalue weighted by Gasteiger charge is -2.42. The number of rotatable bonds is 10. The van der Waals surface area contributed by atoms with E-state index in [1.165, 1.54) is 0 Å². The molecule has 1 heterocycles. The standard InChI is InChI=1S/C17H30Br4F2N2O2/c1-7-11(13(9-3)26-5)24-15(18,19)16(20,21)25(17(24,22)23)12(8-2)14(10-4)27-6/h11-14H,7-10H2,1-6H3. The van der Waals surface area contributed by atoms with E-state index in [9.17, 15) is 0 Å². The van der Waals surface area contributed by atoms with E-state index in [1.807, 2.05) is 27.7 Å². The van der Waals surface area contributed by atoms with Crippen LogP contribution in [-0.4, -0.2) is 61.2 Å². The highest BCUT2D eigenvalue weighted by Gasteiger charge is 2.75. The molecule has 1 aliphatic rings. The summed E-state index contributed by atoms with van der Waals surface area (Å²) < 4.78 is 40.6. The summed E-state index contributed by atoms with van der Waals surface area (Å²) in [6.07, 6.45) is -1.69. The topological polar surface area (TPSA) is 24.9 Å². The zero-order valence-electron chi connectivity index (χ0n) is 16.6. The van der Waals surface area contributed by atoms with Crippen molar-refractivity contribution in [3.8, 4) is 0 Å². The van der Waals surface area contributed by atoms with Crippen LogP contribution in [0.1, 0.15) is 53.4 Å². The van der Waals surface area contributed by atoms with Crippen LogP contribution in [0.3, 0.4) is 0 Å². The number of hydrogen-bond donors (Lipinski definition) is 0. The van der Waals surface area contributed by atoms with Crippen molar-refractivity contribution in [3.05, 3.63) is 0 Å². The number of nitrogens with zero attached hydrogens (tertiary/aromatic N) is 2. The number of alkyl halides is 6. The van der Waals surface area contributed by atoms with E-state index in [0.717, 1.165) is 9.80 Å². The minimum Gasteiger partial charge on any atom is -0.380 e.